The Morgan fingerprint density at radius 2 is 1.58 bits per heavy atom. The van der Waals surface area contributed by atoms with E-state index in [-0.39, 0.29) is 17.7 Å². The number of nitrogens with one attached hydrogen (secondary N) is 1. The molecule has 0 aromatic heterocycles. The van der Waals surface area contributed by atoms with Gasteiger partial charge in [0.2, 0.25) is 0 Å². The number of β-amino-alcohol motifs (C(OH)–C–C–N with tert-alkyl or cyclic N) is 1. The fraction of sp³-hybridized carbons (Fsp3) is 0.333. The summed E-state index contributed by atoms with van der Waals surface area (Å²) in [5.41, 5.74) is 5.02. The highest BCUT2D eigenvalue weighted by Gasteiger charge is 2.31. The highest BCUT2D eigenvalue weighted by molar-refractivity contribution is 5.83. The van der Waals surface area contributed by atoms with Gasteiger partial charge < -0.3 is 10.4 Å². The average Bonchev–Trinajstić information content (AvgIpc) is 3.36. The Labute approximate surface area is 215 Å². The van der Waals surface area contributed by atoms with Crippen molar-refractivity contribution in [1.82, 2.24) is 10.2 Å². The van der Waals surface area contributed by atoms with Gasteiger partial charge in [0.25, 0.3) is 0 Å². The first-order chi connectivity index (χ1) is 17.5. The number of aliphatic hydroxyl groups excluding tert-OH is 1. The second-order valence-electron chi connectivity index (χ2n) is 10.9. The van der Waals surface area contributed by atoms with Crippen LogP contribution in [-0.4, -0.2) is 40.8 Å². The lowest BCUT2D eigenvalue weighted by atomic mass is 9.93. The molecular weight excluding hydrogens is 440 g/mol. The van der Waals surface area contributed by atoms with E-state index in [0.717, 1.165) is 32.4 Å². The van der Waals surface area contributed by atoms with Crippen LogP contribution in [0, 0.1) is 0 Å². The second kappa shape index (κ2) is 11.0. The van der Waals surface area contributed by atoms with E-state index in [0.29, 0.717) is 6.54 Å². The van der Waals surface area contributed by atoms with E-state index in [1.54, 1.807) is 0 Å². The lowest BCUT2D eigenvalue weighted by Crippen LogP contribution is -2.50. The van der Waals surface area contributed by atoms with Crippen LogP contribution in [-0.2, 0) is 13.0 Å². The molecule has 1 heterocycles. The highest BCUT2D eigenvalue weighted by atomic mass is 16.3. The van der Waals surface area contributed by atoms with Crippen molar-refractivity contribution in [2.75, 3.05) is 13.1 Å². The minimum atomic E-state index is -0.388. The molecule has 2 atom stereocenters. The molecule has 3 heteroatoms. The quantitative estimate of drug-likeness (QED) is 0.290. The van der Waals surface area contributed by atoms with Crippen LogP contribution in [0.2, 0.25) is 0 Å². The third-order valence-corrected chi connectivity index (χ3v) is 7.53. The van der Waals surface area contributed by atoms with Crippen molar-refractivity contribution in [1.29, 1.82) is 0 Å². The number of likely N-dealkylation sites (tertiary alicyclic amines) is 1. The number of hydrogen-bond donors (Lipinski definition) is 2. The van der Waals surface area contributed by atoms with Gasteiger partial charge in [0.05, 0.1) is 6.10 Å². The predicted octanol–water partition coefficient (Wildman–Crippen LogP) is 6.44. The maximum absolute atomic E-state index is 11.2. The molecule has 4 aromatic carbocycles. The number of rotatable bonds is 9. The van der Waals surface area contributed by atoms with Gasteiger partial charge in [0.15, 0.2) is 0 Å². The fourth-order valence-electron chi connectivity index (χ4n) is 5.64. The van der Waals surface area contributed by atoms with Crippen LogP contribution < -0.4 is 5.32 Å². The molecule has 0 bridgehead atoms. The number of fused-ring (bicyclic) bond motifs is 1. The zero-order valence-corrected chi connectivity index (χ0v) is 21.5. The largest absolute Gasteiger partial charge is 0.390 e. The molecular formula is C33H38N2O. The number of nitrogens with zero attached hydrogens (tertiary/aromatic N) is 1. The van der Waals surface area contributed by atoms with Gasteiger partial charge in [0.1, 0.15) is 0 Å². The standard InChI is InChI=1S/C33H38N2O/c1-33(2,22-25-17-18-28-13-6-7-14-29(28)20-25)34-23-32(36)31-16-9-19-35(31)24-26-10-8-15-30(21-26)27-11-4-3-5-12-27/h3-8,10-15,17-18,20-21,31-32,34,36H,9,16,19,22-24H2,1-2H3/t31-,32-/m1/s1. The minimum Gasteiger partial charge on any atom is -0.390 e. The molecule has 0 unspecified atom stereocenters. The van der Waals surface area contributed by atoms with Crippen LogP contribution in [0.15, 0.2) is 97.1 Å². The molecule has 0 aliphatic carbocycles. The van der Waals surface area contributed by atoms with Gasteiger partial charge in [-0.1, -0.05) is 91.0 Å². The topological polar surface area (TPSA) is 35.5 Å². The summed E-state index contributed by atoms with van der Waals surface area (Å²) in [4.78, 5) is 2.47. The second-order valence-corrected chi connectivity index (χ2v) is 10.9. The molecule has 0 radical (unpaired) electrons. The summed E-state index contributed by atoms with van der Waals surface area (Å²) in [5, 5.41) is 17.4. The van der Waals surface area contributed by atoms with E-state index in [9.17, 15) is 5.11 Å². The van der Waals surface area contributed by atoms with E-state index in [4.69, 9.17) is 0 Å². The molecule has 4 aromatic rings. The van der Waals surface area contributed by atoms with Crippen LogP contribution in [0.4, 0.5) is 0 Å². The van der Waals surface area contributed by atoms with E-state index in [1.807, 2.05) is 0 Å². The van der Waals surface area contributed by atoms with Gasteiger partial charge in [-0.25, -0.2) is 0 Å². The molecule has 0 amide bonds. The Balaban J connectivity index is 1.19. The molecule has 3 nitrogen and oxygen atoms in total. The van der Waals surface area contributed by atoms with E-state index < -0.39 is 0 Å². The third-order valence-electron chi connectivity index (χ3n) is 7.53. The van der Waals surface area contributed by atoms with Crippen LogP contribution in [0.1, 0.15) is 37.8 Å². The summed E-state index contributed by atoms with van der Waals surface area (Å²) >= 11 is 0. The zero-order valence-electron chi connectivity index (χ0n) is 21.5. The molecule has 1 aliphatic rings. The SMILES string of the molecule is CC(C)(Cc1ccc2ccccc2c1)NC[C@@H](O)[C@H]1CCCN1Cc1cccc(-c2ccccc2)c1. The Morgan fingerprint density at radius 3 is 2.42 bits per heavy atom. The van der Waals surface area contributed by atoms with Crippen LogP contribution in [0.5, 0.6) is 0 Å². The molecule has 0 spiro atoms. The summed E-state index contributed by atoms with van der Waals surface area (Å²) in [7, 11) is 0. The van der Waals surface area contributed by atoms with Crippen molar-refractivity contribution < 1.29 is 5.11 Å². The molecule has 0 saturated carbocycles. The van der Waals surface area contributed by atoms with Crippen molar-refractivity contribution in [3.63, 3.8) is 0 Å². The maximum atomic E-state index is 11.2. The Morgan fingerprint density at radius 1 is 0.833 bits per heavy atom. The normalized spacial score (nSPS) is 17.5. The fourth-order valence-corrected chi connectivity index (χ4v) is 5.64. The summed E-state index contributed by atoms with van der Waals surface area (Å²) < 4.78 is 0. The van der Waals surface area contributed by atoms with Gasteiger partial charge >= 0.3 is 0 Å². The van der Waals surface area contributed by atoms with Crippen LogP contribution in [0.25, 0.3) is 21.9 Å². The third kappa shape index (κ3) is 6.04. The van der Waals surface area contributed by atoms with Crippen molar-refractivity contribution in [2.45, 2.75) is 57.3 Å². The smallest absolute Gasteiger partial charge is 0.0819 e. The van der Waals surface area contributed by atoms with Crippen molar-refractivity contribution in [3.8, 4) is 11.1 Å². The molecule has 1 fully saturated rings. The first kappa shape index (κ1) is 24.7. The number of benzene rings is 4. The van der Waals surface area contributed by atoms with E-state index in [1.165, 1.54) is 33.0 Å². The summed E-state index contributed by atoms with van der Waals surface area (Å²) in [6.45, 7) is 6.99. The Bertz CT molecular complexity index is 1280. The van der Waals surface area contributed by atoms with Gasteiger partial charge in [-0.15, -0.1) is 0 Å². The molecule has 5 rings (SSSR count). The number of aliphatic hydroxyl groups is 1. The lowest BCUT2D eigenvalue weighted by Gasteiger charge is -2.33. The maximum Gasteiger partial charge on any atom is 0.0819 e. The van der Waals surface area contributed by atoms with Gasteiger partial charge in [0, 0.05) is 24.7 Å². The van der Waals surface area contributed by atoms with Crippen LogP contribution >= 0.6 is 0 Å². The van der Waals surface area contributed by atoms with Crippen molar-refractivity contribution in [2.24, 2.45) is 0 Å². The minimum absolute atomic E-state index is 0.100. The summed E-state index contributed by atoms with van der Waals surface area (Å²) in [5.74, 6) is 0. The predicted molar refractivity (Wildman–Crippen MR) is 151 cm³/mol. The van der Waals surface area contributed by atoms with Gasteiger partial charge in [-0.05, 0) is 78.7 Å². The van der Waals surface area contributed by atoms with E-state index >= 15 is 0 Å². The first-order valence-electron chi connectivity index (χ1n) is 13.3. The van der Waals surface area contributed by atoms with Crippen LogP contribution in [0.3, 0.4) is 0 Å². The Kier molecular flexibility index (Phi) is 7.52. The van der Waals surface area contributed by atoms with Gasteiger partial charge in [-0.3, -0.25) is 4.90 Å². The molecule has 1 saturated heterocycles. The van der Waals surface area contributed by atoms with Gasteiger partial charge in [-0.2, -0.15) is 0 Å². The first-order valence-corrected chi connectivity index (χ1v) is 13.3. The summed E-state index contributed by atoms with van der Waals surface area (Å²) in [6.07, 6.45) is 2.72. The van der Waals surface area contributed by atoms with E-state index in [2.05, 4.69) is 121 Å². The average molecular weight is 479 g/mol. The zero-order chi connectivity index (χ0) is 25.0. The molecule has 1 aliphatic heterocycles. The van der Waals surface area contributed by atoms with Crippen molar-refractivity contribution >= 4 is 10.8 Å². The Hall–Kier alpha value is -2.98. The summed E-state index contributed by atoms with van der Waals surface area (Å²) in [6, 6.07) is 34.8. The highest BCUT2D eigenvalue weighted by Crippen LogP contribution is 2.26. The molecule has 2 N–H and O–H groups in total. The van der Waals surface area contributed by atoms with Crippen molar-refractivity contribution in [3.05, 3.63) is 108 Å². The molecule has 36 heavy (non-hydrogen) atoms. The molecule has 186 valence electrons. The monoisotopic (exact) mass is 478 g/mol. The lowest BCUT2D eigenvalue weighted by molar-refractivity contribution is 0.0633. The number of hydrogen-bond acceptors (Lipinski definition) is 3.